The fourth-order valence-electron chi connectivity index (χ4n) is 4.78. The van der Waals surface area contributed by atoms with Crippen LogP contribution in [-0.4, -0.2) is 67.5 Å². The molecule has 3 heterocycles. The highest BCUT2D eigenvalue weighted by Crippen LogP contribution is 2.23. The maximum Gasteiger partial charge on any atom is 0.245 e. The first-order chi connectivity index (χ1) is 17.8. The number of hydrogen-bond donors (Lipinski definition) is 2. The lowest BCUT2D eigenvalue weighted by atomic mass is 10.0. The molecule has 0 saturated carbocycles. The molecular weight excluding hydrogens is 490 g/mol. The van der Waals surface area contributed by atoms with E-state index < -0.39 is 0 Å². The van der Waals surface area contributed by atoms with Gasteiger partial charge in [-0.15, -0.1) is 0 Å². The Balaban J connectivity index is 1.38. The molecule has 0 atom stereocenters. The minimum atomic E-state index is -0.259. The number of benzene rings is 1. The molecule has 4 rings (SSSR count). The number of aromatic nitrogens is 4. The average molecular weight is 524 g/mol. The Labute approximate surface area is 222 Å². The van der Waals surface area contributed by atoms with Crippen molar-refractivity contribution >= 4 is 29.2 Å². The van der Waals surface area contributed by atoms with Crippen LogP contribution in [0.1, 0.15) is 49.4 Å². The van der Waals surface area contributed by atoms with Crippen LogP contribution in [0.25, 0.3) is 11.4 Å². The lowest BCUT2D eigenvalue weighted by Crippen LogP contribution is -2.49. The zero-order chi connectivity index (χ0) is 26.4. The topological polar surface area (TPSA) is 107 Å². The molecule has 1 saturated heterocycles. The fraction of sp³-hybridized carbons (Fsp3) is 0.444. The Morgan fingerprint density at radius 2 is 1.97 bits per heavy atom. The molecule has 37 heavy (non-hydrogen) atoms. The summed E-state index contributed by atoms with van der Waals surface area (Å²) in [6, 6.07) is 9.79. The first kappa shape index (κ1) is 26.8. The molecule has 0 spiro atoms. The number of H-pyrrole nitrogens is 1. The number of nitrogens with zero attached hydrogens (tertiary/aromatic N) is 5. The van der Waals surface area contributed by atoms with Crippen LogP contribution in [0.2, 0.25) is 5.02 Å². The molecule has 196 valence electrons. The fourth-order valence-corrected chi connectivity index (χ4v) is 4.90. The number of pyridine rings is 1. The van der Waals surface area contributed by atoms with Crippen molar-refractivity contribution in [1.29, 1.82) is 0 Å². The monoisotopic (exact) mass is 523 g/mol. The number of halogens is 1. The van der Waals surface area contributed by atoms with Gasteiger partial charge in [-0.05, 0) is 62.4 Å². The van der Waals surface area contributed by atoms with E-state index in [1.54, 1.807) is 11.0 Å². The predicted molar refractivity (Wildman–Crippen MR) is 144 cm³/mol. The van der Waals surface area contributed by atoms with E-state index in [2.05, 4.69) is 42.5 Å². The molecule has 1 aliphatic rings. The first-order valence-electron chi connectivity index (χ1n) is 12.7. The van der Waals surface area contributed by atoms with E-state index in [1.165, 1.54) is 11.9 Å². The van der Waals surface area contributed by atoms with E-state index in [0.717, 1.165) is 60.7 Å². The Kier molecular flexibility index (Phi) is 8.89. The number of carbonyl (C=O) groups is 2. The summed E-state index contributed by atoms with van der Waals surface area (Å²) in [7, 11) is 0. The van der Waals surface area contributed by atoms with Crippen molar-refractivity contribution in [2.24, 2.45) is 0 Å². The molecule has 1 fully saturated rings. The van der Waals surface area contributed by atoms with Gasteiger partial charge in [0.15, 0.2) is 5.82 Å². The van der Waals surface area contributed by atoms with Crippen molar-refractivity contribution < 1.29 is 9.59 Å². The number of amides is 2. The van der Waals surface area contributed by atoms with Crippen LogP contribution in [0.5, 0.6) is 0 Å². The Morgan fingerprint density at radius 3 is 2.65 bits per heavy atom. The second kappa shape index (κ2) is 12.3. The van der Waals surface area contributed by atoms with Gasteiger partial charge in [-0.2, -0.15) is 5.10 Å². The largest absolute Gasteiger partial charge is 0.330 e. The normalized spacial score (nSPS) is 14.5. The maximum atomic E-state index is 13.0. The predicted octanol–water partition coefficient (Wildman–Crippen LogP) is 4.37. The SMILES string of the molecule is CCCC(=O)N(CC(=O)Nc1cc(-c2ncn[nH]2)cc(C)n1)C1CCN(Cc2ccc(Cl)c(C)c2)CC1. The lowest BCUT2D eigenvalue weighted by Gasteiger charge is -2.38. The van der Waals surface area contributed by atoms with E-state index >= 15 is 0 Å². The number of piperidine rings is 1. The van der Waals surface area contributed by atoms with Crippen LogP contribution in [0.15, 0.2) is 36.7 Å². The first-order valence-corrected chi connectivity index (χ1v) is 13.1. The molecule has 2 N–H and O–H groups in total. The van der Waals surface area contributed by atoms with E-state index in [-0.39, 0.29) is 24.4 Å². The summed E-state index contributed by atoms with van der Waals surface area (Å²) < 4.78 is 0. The minimum Gasteiger partial charge on any atom is -0.330 e. The highest BCUT2D eigenvalue weighted by Gasteiger charge is 2.29. The van der Waals surface area contributed by atoms with Gasteiger partial charge >= 0.3 is 0 Å². The summed E-state index contributed by atoms with van der Waals surface area (Å²) in [6.45, 7) is 8.43. The molecule has 0 aliphatic carbocycles. The molecule has 0 bridgehead atoms. The number of likely N-dealkylation sites (tertiary alicyclic amines) is 1. The maximum absolute atomic E-state index is 13.0. The Hall–Kier alpha value is -3.30. The van der Waals surface area contributed by atoms with Crippen molar-refractivity contribution in [2.75, 3.05) is 25.0 Å². The van der Waals surface area contributed by atoms with Crippen LogP contribution in [-0.2, 0) is 16.1 Å². The second-order valence-corrected chi connectivity index (χ2v) is 10.0. The van der Waals surface area contributed by atoms with Crippen molar-refractivity contribution in [1.82, 2.24) is 30.0 Å². The summed E-state index contributed by atoms with van der Waals surface area (Å²) >= 11 is 6.17. The van der Waals surface area contributed by atoms with Gasteiger partial charge < -0.3 is 10.2 Å². The zero-order valence-corrected chi connectivity index (χ0v) is 22.4. The third-order valence-electron chi connectivity index (χ3n) is 6.63. The standard InChI is InChI=1S/C27H34ClN7O2/c1-4-5-26(37)35(22-8-10-34(11-9-22)15-20-6-7-23(28)18(2)12-20)16-25(36)32-24-14-21(13-19(3)31-24)27-29-17-30-33-27/h6-7,12-14,17,22H,4-5,8-11,15-16H2,1-3H3,(H,29,30,33)(H,31,32,36). The van der Waals surface area contributed by atoms with Crippen molar-refractivity contribution in [3.63, 3.8) is 0 Å². The summed E-state index contributed by atoms with van der Waals surface area (Å²) in [4.78, 5) is 38.8. The van der Waals surface area contributed by atoms with Crippen LogP contribution >= 0.6 is 11.6 Å². The third kappa shape index (κ3) is 7.14. The van der Waals surface area contributed by atoms with Crippen molar-refractivity contribution in [2.45, 2.75) is 59.0 Å². The number of nitrogens with one attached hydrogen (secondary N) is 2. The van der Waals surface area contributed by atoms with Gasteiger partial charge in [0.25, 0.3) is 0 Å². The van der Waals surface area contributed by atoms with E-state index in [0.29, 0.717) is 18.1 Å². The van der Waals surface area contributed by atoms with Gasteiger partial charge in [0.2, 0.25) is 11.8 Å². The van der Waals surface area contributed by atoms with E-state index in [4.69, 9.17) is 11.6 Å². The van der Waals surface area contributed by atoms with Crippen molar-refractivity contribution in [3.05, 3.63) is 58.5 Å². The molecule has 9 nitrogen and oxygen atoms in total. The van der Waals surface area contributed by atoms with Gasteiger partial charge in [0, 0.05) is 48.4 Å². The summed E-state index contributed by atoms with van der Waals surface area (Å²) in [5.41, 5.74) is 3.83. The minimum absolute atomic E-state index is 0.00709. The number of aromatic amines is 1. The van der Waals surface area contributed by atoms with Gasteiger partial charge in [0.1, 0.15) is 18.7 Å². The average Bonchev–Trinajstić information content (AvgIpc) is 3.40. The molecule has 1 aromatic carbocycles. The van der Waals surface area contributed by atoms with Gasteiger partial charge in [-0.3, -0.25) is 19.6 Å². The molecule has 1 aliphatic heterocycles. The van der Waals surface area contributed by atoms with E-state index in [9.17, 15) is 9.59 Å². The number of anilines is 1. The molecule has 2 amide bonds. The summed E-state index contributed by atoms with van der Waals surface area (Å²) in [5.74, 6) is 0.780. The quantitative estimate of drug-likeness (QED) is 0.431. The third-order valence-corrected chi connectivity index (χ3v) is 7.06. The number of hydrogen-bond acceptors (Lipinski definition) is 6. The Morgan fingerprint density at radius 1 is 1.19 bits per heavy atom. The number of carbonyl (C=O) groups excluding carboxylic acids is 2. The van der Waals surface area contributed by atoms with Crippen LogP contribution in [0, 0.1) is 13.8 Å². The molecule has 2 aromatic heterocycles. The molecule has 0 radical (unpaired) electrons. The van der Waals surface area contributed by atoms with Crippen LogP contribution in [0.4, 0.5) is 5.82 Å². The molecule has 10 heteroatoms. The highest BCUT2D eigenvalue weighted by atomic mass is 35.5. The van der Waals surface area contributed by atoms with E-state index in [1.807, 2.05) is 32.9 Å². The number of aryl methyl sites for hydroxylation is 2. The summed E-state index contributed by atoms with van der Waals surface area (Å²) in [6.07, 6.45) is 4.26. The summed E-state index contributed by atoms with van der Waals surface area (Å²) in [5, 5.41) is 10.4. The zero-order valence-electron chi connectivity index (χ0n) is 21.6. The van der Waals surface area contributed by atoms with Crippen molar-refractivity contribution in [3.8, 4) is 11.4 Å². The number of rotatable bonds is 9. The molecular formula is C27H34ClN7O2. The van der Waals surface area contributed by atoms with Gasteiger partial charge in [-0.1, -0.05) is 30.7 Å². The van der Waals surface area contributed by atoms with Crippen LogP contribution < -0.4 is 5.32 Å². The smallest absolute Gasteiger partial charge is 0.245 e. The van der Waals surface area contributed by atoms with Gasteiger partial charge in [-0.25, -0.2) is 9.97 Å². The lowest BCUT2D eigenvalue weighted by molar-refractivity contribution is -0.138. The molecule has 3 aromatic rings. The van der Waals surface area contributed by atoms with Gasteiger partial charge in [0.05, 0.1) is 0 Å². The van der Waals surface area contributed by atoms with Crippen LogP contribution in [0.3, 0.4) is 0 Å². The highest BCUT2D eigenvalue weighted by molar-refractivity contribution is 6.31. The molecule has 0 unspecified atom stereocenters. The second-order valence-electron chi connectivity index (χ2n) is 9.63. The Bertz CT molecular complexity index is 1220.